The molecule has 0 aliphatic rings. The maximum Gasteiger partial charge on any atom is 0.196 e. The highest BCUT2D eigenvalue weighted by Gasteiger charge is 2.03. The van der Waals surface area contributed by atoms with Crippen molar-refractivity contribution in [3.05, 3.63) is 34.9 Å². The van der Waals surface area contributed by atoms with Gasteiger partial charge in [-0.3, -0.25) is 9.36 Å². The van der Waals surface area contributed by atoms with Gasteiger partial charge < -0.3 is 4.89 Å². The second-order valence-electron chi connectivity index (χ2n) is 6.11. The van der Waals surface area contributed by atoms with Crippen molar-refractivity contribution in [2.75, 3.05) is 6.16 Å². The molecule has 3 nitrogen and oxygen atoms in total. The average molecular weight is 326 g/mol. The minimum absolute atomic E-state index is 0.120. The number of allylic oxidation sites excluding steroid dienone is 6. The first-order valence-corrected chi connectivity index (χ1v) is 9.55. The first-order valence-electron chi connectivity index (χ1n) is 7.99. The van der Waals surface area contributed by atoms with Crippen LogP contribution in [0.3, 0.4) is 0 Å². The number of Topliss-reactive ketones (excluding diaryl/α,β-unsaturated/α-hetero) is 1. The summed E-state index contributed by atoms with van der Waals surface area (Å²) in [5, 5.41) is 0. The van der Waals surface area contributed by atoms with Crippen molar-refractivity contribution in [2.45, 2.75) is 66.2 Å². The molecule has 0 heterocycles. The van der Waals surface area contributed by atoms with Crippen molar-refractivity contribution in [3.63, 3.8) is 0 Å². The molecule has 0 spiro atoms. The van der Waals surface area contributed by atoms with E-state index in [-0.39, 0.29) is 11.9 Å². The summed E-state index contributed by atoms with van der Waals surface area (Å²) in [4.78, 5) is 20.0. The zero-order chi connectivity index (χ0) is 17.0. The predicted molar refractivity (Wildman–Crippen MR) is 95.7 cm³/mol. The SMILES string of the molecule is CC(C)=CCCC(C)=CCCC(C)=CCCC(=O)C[PH](=O)O. The Morgan fingerprint density at radius 1 is 0.864 bits per heavy atom. The van der Waals surface area contributed by atoms with E-state index in [1.54, 1.807) is 0 Å². The fourth-order valence-electron chi connectivity index (χ4n) is 2.08. The summed E-state index contributed by atoms with van der Waals surface area (Å²) < 4.78 is 10.6. The van der Waals surface area contributed by atoms with Crippen molar-refractivity contribution in [3.8, 4) is 0 Å². The van der Waals surface area contributed by atoms with Crippen LogP contribution in [0.5, 0.6) is 0 Å². The molecule has 0 rings (SSSR count). The molecule has 1 N–H and O–H groups in total. The first-order chi connectivity index (χ1) is 10.3. The maximum absolute atomic E-state index is 11.3. The van der Waals surface area contributed by atoms with Gasteiger partial charge in [0.15, 0.2) is 8.03 Å². The van der Waals surface area contributed by atoms with Gasteiger partial charge in [0.2, 0.25) is 0 Å². The van der Waals surface area contributed by atoms with E-state index in [0.717, 1.165) is 25.7 Å². The van der Waals surface area contributed by atoms with Crippen LogP contribution in [0, 0.1) is 0 Å². The van der Waals surface area contributed by atoms with E-state index in [1.165, 1.54) is 16.7 Å². The van der Waals surface area contributed by atoms with Crippen LogP contribution in [-0.4, -0.2) is 16.8 Å². The van der Waals surface area contributed by atoms with Crippen LogP contribution in [-0.2, 0) is 9.36 Å². The molecule has 0 saturated heterocycles. The van der Waals surface area contributed by atoms with E-state index in [9.17, 15) is 9.36 Å². The predicted octanol–water partition coefficient (Wildman–Crippen LogP) is 5.22. The molecule has 0 aliphatic carbocycles. The highest BCUT2D eigenvalue weighted by Crippen LogP contribution is 2.15. The quantitative estimate of drug-likeness (QED) is 0.418. The lowest BCUT2D eigenvalue weighted by Gasteiger charge is -2.02. The molecule has 1 atom stereocenters. The normalized spacial score (nSPS) is 13.9. The number of rotatable bonds is 11. The van der Waals surface area contributed by atoms with Crippen LogP contribution >= 0.6 is 8.03 Å². The van der Waals surface area contributed by atoms with E-state index < -0.39 is 8.03 Å². The Labute approximate surface area is 136 Å². The van der Waals surface area contributed by atoms with Crippen molar-refractivity contribution in [2.24, 2.45) is 0 Å². The van der Waals surface area contributed by atoms with Gasteiger partial charge in [-0.1, -0.05) is 34.9 Å². The van der Waals surface area contributed by atoms with Crippen molar-refractivity contribution in [1.29, 1.82) is 0 Å². The fourth-order valence-corrected chi connectivity index (χ4v) is 2.59. The molecule has 126 valence electrons. The molecular formula is C18H31O3P. The van der Waals surface area contributed by atoms with Crippen LogP contribution < -0.4 is 0 Å². The Morgan fingerprint density at radius 2 is 1.32 bits per heavy atom. The molecule has 0 aromatic rings. The molecule has 0 amide bonds. The summed E-state index contributed by atoms with van der Waals surface area (Å²) in [6, 6.07) is 0. The number of hydrogen-bond donors (Lipinski definition) is 1. The van der Waals surface area contributed by atoms with Gasteiger partial charge in [-0.15, -0.1) is 0 Å². The number of carbonyl (C=O) groups is 1. The van der Waals surface area contributed by atoms with E-state index in [4.69, 9.17) is 4.89 Å². The van der Waals surface area contributed by atoms with E-state index in [2.05, 4.69) is 45.9 Å². The van der Waals surface area contributed by atoms with Gasteiger partial charge in [-0.2, -0.15) is 0 Å². The Balaban J connectivity index is 3.94. The highest BCUT2D eigenvalue weighted by atomic mass is 31.1. The van der Waals surface area contributed by atoms with Crippen LogP contribution in [0.4, 0.5) is 0 Å². The topological polar surface area (TPSA) is 54.4 Å². The van der Waals surface area contributed by atoms with Crippen LogP contribution in [0.2, 0.25) is 0 Å². The third kappa shape index (κ3) is 14.0. The van der Waals surface area contributed by atoms with Crippen molar-refractivity contribution >= 4 is 13.8 Å². The number of hydrogen-bond acceptors (Lipinski definition) is 2. The summed E-state index contributed by atoms with van der Waals surface area (Å²) in [6.45, 7) is 8.49. The minimum atomic E-state index is -2.65. The lowest BCUT2D eigenvalue weighted by Crippen LogP contribution is -1.99. The number of carbonyl (C=O) groups excluding carboxylic acids is 1. The largest absolute Gasteiger partial charge is 0.346 e. The lowest BCUT2D eigenvalue weighted by molar-refractivity contribution is -0.116. The maximum atomic E-state index is 11.3. The summed E-state index contributed by atoms with van der Waals surface area (Å²) in [7, 11) is -2.65. The summed E-state index contributed by atoms with van der Waals surface area (Å²) in [5.41, 5.74) is 4.07. The second-order valence-corrected chi connectivity index (χ2v) is 7.25. The van der Waals surface area contributed by atoms with Crippen LogP contribution in [0.25, 0.3) is 0 Å². The highest BCUT2D eigenvalue weighted by molar-refractivity contribution is 7.39. The van der Waals surface area contributed by atoms with Gasteiger partial charge in [0.25, 0.3) is 0 Å². The van der Waals surface area contributed by atoms with Crippen LogP contribution in [0.15, 0.2) is 34.9 Å². The average Bonchev–Trinajstić information content (AvgIpc) is 2.37. The van der Waals surface area contributed by atoms with E-state index in [0.29, 0.717) is 12.8 Å². The second kappa shape index (κ2) is 12.6. The summed E-state index contributed by atoms with van der Waals surface area (Å²) >= 11 is 0. The number of ketones is 1. The standard InChI is InChI=1S/C18H31O3P/c1-15(2)8-5-9-16(3)10-6-11-17(4)12-7-13-18(19)14-22(20)21/h8,10,12,22H,5-7,9,11,13-14H2,1-4H3,(H,20,21). The third-order valence-corrected chi connectivity index (χ3v) is 4.08. The summed E-state index contributed by atoms with van der Waals surface area (Å²) in [6.07, 6.45) is 11.7. The van der Waals surface area contributed by atoms with Crippen molar-refractivity contribution in [1.82, 2.24) is 0 Å². The Bertz CT molecular complexity index is 455. The van der Waals surface area contributed by atoms with E-state index in [1.807, 2.05) is 0 Å². The smallest absolute Gasteiger partial charge is 0.196 e. The monoisotopic (exact) mass is 326 g/mol. The van der Waals surface area contributed by atoms with Crippen LogP contribution in [0.1, 0.15) is 66.2 Å². The van der Waals surface area contributed by atoms with Crippen molar-refractivity contribution < 1.29 is 14.3 Å². The molecule has 0 bridgehead atoms. The first kappa shape index (κ1) is 21.1. The third-order valence-electron chi connectivity index (χ3n) is 3.39. The molecule has 0 aliphatic heterocycles. The van der Waals surface area contributed by atoms with E-state index >= 15 is 0 Å². The molecule has 0 aromatic heterocycles. The molecule has 1 unspecified atom stereocenters. The van der Waals surface area contributed by atoms with Gasteiger partial charge in [0.05, 0.1) is 6.16 Å². The molecule has 0 aromatic carbocycles. The molecule has 0 fully saturated rings. The van der Waals surface area contributed by atoms with Gasteiger partial charge in [-0.25, -0.2) is 0 Å². The molecule has 0 saturated carbocycles. The van der Waals surface area contributed by atoms with Gasteiger partial charge in [0.1, 0.15) is 5.78 Å². The van der Waals surface area contributed by atoms with Gasteiger partial charge in [-0.05, 0) is 59.8 Å². The summed E-state index contributed by atoms with van der Waals surface area (Å²) in [5.74, 6) is -0.120. The Hall–Kier alpha value is -0.920. The molecular weight excluding hydrogens is 295 g/mol. The fraction of sp³-hybridized carbons (Fsp3) is 0.611. The lowest BCUT2D eigenvalue weighted by atomic mass is 10.1. The minimum Gasteiger partial charge on any atom is -0.346 e. The molecule has 4 heteroatoms. The Kier molecular flexibility index (Phi) is 12.1. The zero-order valence-corrected chi connectivity index (χ0v) is 15.4. The van der Waals surface area contributed by atoms with Gasteiger partial charge in [0, 0.05) is 6.42 Å². The van der Waals surface area contributed by atoms with Gasteiger partial charge >= 0.3 is 0 Å². The molecule has 22 heavy (non-hydrogen) atoms. The zero-order valence-electron chi connectivity index (χ0n) is 14.4. The molecule has 0 radical (unpaired) electrons. The Morgan fingerprint density at radius 3 is 1.77 bits per heavy atom.